The number of nitriles is 3. The number of hydrogen-bond acceptors (Lipinski definition) is 7. The standard InChI is InChI=1S/C44H42N4O2S/c1-43(2)37(36(27-47)42(50-43)34(25-45)26-46)11-9-33(41-7-5-15-51-41)20-28-8-12-39-32(19-28)6-4-14-48(39)35-10-13-40(49-3)38(21-35)44-22-29-16-30(23-44)18-31(17-29)24-44/h5,7-13,15,19-21,29-31H,4,6,14,16-18,22-24H2,1-3H3/b11-9+,33-20-. The number of ether oxygens (including phenoxy) is 2. The first-order valence-corrected chi connectivity index (χ1v) is 19.0. The van der Waals surface area contributed by atoms with Crippen LogP contribution in [0.15, 0.2) is 88.5 Å². The number of benzene rings is 2. The summed E-state index contributed by atoms with van der Waals surface area (Å²) in [4.78, 5) is 3.61. The van der Waals surface area contributed by atoms with Crippen LogP contribution in [0.3, 0.4) is 0 Å². The highest BCUT2D eigenvalue weighted by Crippen LogP contribution is 2.62. The van der Waals surface area contributed by atoms with Gasteiger partial charge in [0.15, 0.2) is 11.3 Å². The van der Waals surface area contributed by atoms with E-state index in [0.717, 1.165) is 58.9 Å². The third-order valence-electron chi connectivity index (χ3n) is 11.9. The van der Waals surface area contributed by atoms with Crippen LogP contribution in [-0.4, -0.2) is 19.3 Å². The van der Waals surface area contributed by atoms with Crippen LogP contribution >= 0.6 is 11.3 Å². The highest BCUT2D eigenvalue weighted by atomic mass is 32.1. The zero-order valence-electron chi connectivity index (χ0n) is 29.5. The molecular weight excluding hydrogens is 649 g/mol. The van der Waals surface area contributed by atoms with Crippen molar-refractivity contribution in [3.63, 3.8) is 0 Å². The molecule has 1 aromatic heterocycles. The molecule has 256 valence electrons. The van der Waals surface area contributed by atoms with E-state index in [-0.39, 0.29) is 22.3 Å². The maximum atomic E-state index is 10.0. The Morgan fingerprint density at radius 1 is 0.980 bits per heavy atom. The normalized spacial score (nSPS) is 26.0. The van der Waals surface area contributed by atoms with Crippen molar-refractivity contribution in [2.45, 2.75) is 76.2 Å². The Hall–Kier alpha value is -5.03. The smallest absolute Gasteiger partial charge is 0.172 e. The summed E-state index contributed by atoms with van der Waals surface area (Å²) in [6.45, 7) is 4.69. The van der Waals surface area contributed by atoms with Crippen molar-refractivity contribution >= 4 is 34.4 Å². The van der Waals surface area contributed by atoms with Gasteiger partial charge in [0.05, 0.1) is 7.11 Å². The molecule has 4 fully saturated rings. The number of fused-ring (bicyclic) bond motifs is 1. The Labute approximate surface area is 305 Å². The summed E-state index contributed by atoms with van der Waals surface area (Å²) in [6.07, 6.45) is 16.4. The molecule has 9 rings (SSSR count). The van der Waals surface area contributed by atoms with Crippen molar-refractivity contribution < 1.29 is 9.47 Å². The van der Waals surface area contributed by atoms with E-state index in [1.807, 2.05) is 51.3 Å². The van der Waals surface area contributed by atoms with Gasteiger partial charge in [-0.25, -0.2) is 0 Å². The summed E-state index contributed by atoms with van der Waals surface area (Å²) >= 11 is 1.66. The fraction of sp³-hybridized carbons (Fsp3) is 0.386. The van der Waals surface area contributed by atoms with Crippen molar-refractivity contribution in [2.24, 2.45) is 17.8 Å². The molecule has 7 heteroatoms. The van der Waals surface area contributed by atoms with Crippen molar-refractivity contribution in [1.29, 1.82) is 15.8 Å². The molecule has 6 aliphatic rings. The quantitative estimate of drug-likeness (QED) is 0.181. The number of hydrogen-bond donors (Lipinski definition) is 0. The minimum absolute atomic E-state index is 0.0509. The molecule has 51 heavy (non-hydrogen) atoms. The number of thiophene rings is 1. The number of nitrogens with zero attached hydrogens (tertiary/aromatic N) is 4. The molecule has 0 N–H and O–H groups in total. The topological polar surface area (TPSA) is 93.1 Å². The molecule has 4 aliphatic carbocycles. The fourth-order valence-electron chi connectivity index (χ4n) is 10.2. The van der Waals surface area contributed by atoms with E-state index in [2.05, 4.69) is 64.9 Å². The zero-order valence-corrected chi connectivity index (χ0v) is 30.4. The highest BCUT2D eigenvalue weighted by molar-refractivity contribution is 7.11. The lowest BCUT2D eigenvalue weighted by atomic mass is 9.48. The Morgan fingerprint density at radius 3 is 2.37 bits per heavy atom. The molecule has 2 aliphatic heterocycles. The largest absolute Gasteiger partial charge is 0.496 e. The second-order valence-electron chi connectivity index (χ2n) is 15.6. The number of anilines is 2. The Balaban J connectivity index is 1.13. The van der Waals surface area contributed by atoms with E-state index < -0.39 is 5.60 Å². The van der Waals surface area contributed by atoms with E-state index in [1.54, 1.807) is 11.3 Å². The number of aryl methyl sites for hydroxylation is 1. The Kier molecular flexibility index (Phi) is 8.41. The lowest BCUT2D eigenvalue weighted by Crippen LogP contribution is -2.48. The minimum atomic E-state index is -0.872. The second-order valence-corrected chi connectivity index (χ2v) is 16.5. The molecule has 0 unspecified atom stereocenters. The van der Waals surface area contributed by atoms with Crippen LogP contribution in [-0.2, 0) is 16.6 Å². The summed E-state index contributed by atoms with van der Waals surface area (Å²) in [5.41, 5.74) is 7.47. The van der Waals surface area contributed by atoms with E-state index in [0.29, 0.717) is 5.57 Å². The molecule has 4 saturated carbocycles. The SMILES string of the molecule is COc1ccc(N2CCCc3cc(/C=C(/C=C/C4=C(C#N)C(=C(C#N)C#N)OC4(C)C)c4cccs4)ccc32)cc1C12CC3CC(CC(C3)C1)C2. The van der Waals surface area contributed by atoms with Crippen LogP contribution in [0.4, 0.5) is 11.4 Å². The number of methoxy groups -OCH3 is 1. The van der Waals surface area contributed by atoms with Gasteiger partial charge in [0.25, 0.3) is 0 Å². The first-order chi connectivity index (χ1) is 24.7. The Morgan fingerprint density at radius 2 is 1.73 bits per heavy atom. The first-order valence-electron chi connectivity index (χ1n) is 18.2. The average molecular weight is 691 g/mol. The van der Waals surface area contributed by atoms with Crippen LogP contribution in [0, 0.1) is 51.7 Å². The molecule has 4 bridgehead atoms. The molecule has 6 nitrogen and oxygen atoms in total. The summed E-state index contributed by atoms with van der Waals surface area (Å²) in [7, 11) is 1.83. The van der Waals surface area contributed by atoms with Crippen molar-refractivity contribution in [1.82, 2.24) is 0 Å². The van der Waals surface area contributed by atoms with Crippen LogP contribution in [0.25, 0.3) is 11.6 Å². The minimum Gasteiger partial charge on any atom is -0.496 e. The highest BCUT2D eigenvalue weighted by Gasteiger charge is 2.52. The molecule has 2 aromatic carbocycles. The summed E-state index contributed by atoms with van der Waals surface area (Å²) in [5, 5.41) is 31.1. The van der Waals surface area contributed by atoms with Gasteiger partial charge in [-0.3, -0.25) is 0 Å². The molecule has 0 radical (unpaired) electrons. The molecule has 0 atom stereocenters. The van der Waals surface area contributed by atoms with Crippen LogP contribution in [0.2, 0.25) is 0 Å². The maximum absolute atomic E-state index is 10.0. The van der Waals surface area contributed by atoms with Crippen LogP contribution in [0.5, 0.6) is 5.75 Å². The summed E-state index contributed by atoms with van der Waals surface area (Å²) in [6, 6.07) is 23.8. The molecule has 3 aromatic rings. The van der Waals surface area contributed by atoms with Crippen LogP contribution < -0.4 is 9.64 Å². The van der Waals surface area contributed by atoms with Crippen molar-refractivity contribution in [2.75, 3.05) is 18.6 Å². The fourth-order valence-corrected chi connectivity index (χ4v) is 10.9. The summed E-state index contributed by atoms with van der Waals surface area (Å²) in [5.74, 6) is 3.73. The molecule has 3 heterocycles. The lowest BCUT2D eigenvalue weighted by Gasteiger charge is -2.57. The number of rotatable bonds is 7. The van der Waals surface area contributed by atoms with E-state index in [9.17, 15) is 15.8 Å². The molecule has 0 amide bonds. The van der Waals surface area contributed by atoms with E-state index in [1.165, 1.54) is 61.0 Å². The maximum Gasteiger partial charge on any atom is 0.172 e. The number of allylic oxidation sites excluding steroid dienone is 4. The predicted octanol–water partition coefficient (Wildman–Crippen LogP) is 10.3. The average Bonchev–Trinajstić information content (AvgIpc) is 3.75. The summed E-state index contributed by atoms with van der Waals surface area (Å²) < 4.78 is 12.0. The van der Waals surface area contributed by atoms with Crippen molar-refractivity contribution in [3.8, 4) is 24.0 Å². The monoisotopic (exact) mass is 690 g/mol. The lowest BCUT2D eigenvalue weighted by molar-refractivity contribution is -0.00613. The van der Waals surface area contributed by atoms with Gasteiger partial charge in [0.1, 0.15) is 35.1 Å². The first kappa shape index (κ1) is 33.1. The van der Waals surface area contributed by atoms with Crippen LogP contribution in [0.1, 0.15) is 80.4 Å². The molecule has 0 saturated heterocycles. The van der Waals surface area contributed by atoms with Gasteiger partial charge in [0, 0.05) is 33.9 Å². The van der Waals surface area contributed by atoms with E-state index in [4.69, 9.17) is 9.47 Å². The van der Waals surface area contributed by atoms with Gasteiger partial charge < -0.3 is 14.4 Å². The van der Waals surface area contributed by atoms with Crippen molar-refractivity contribution in [3.05, 3.63) is 110 Å². The van der Waals surface area contributed by atoms with Gasteiger partial charge in [-0.2, -0.15) is 15.8 Å². The van der Waals surface area contributed by atoms with Gasteiger partial charge in [-0.05, 0) is 153 Å². The molecule has 0 spiro atoms. The van der Waals surface area contributed by atoms with Gasteiger partial charge in [-0.1, -0.05) is 24.3 Å². The van der Waals surface area contributed by atoms with Gasteiger partial charge in [0.2, 0.25) is 0 Å². The third kappa shape index (κ3) is 5.87. The predicted molar refractivity (Wildman–Crippen MR) is 202 cm³/mol. The van der Waals surface area contributed by atoms with Gasteiger partial charge >= 0.3 is 0 Å². The molecular formula is C44H42N4O2S. The zero-order chi connectivity index (χ0) is 35.3. The van der Waals surface area contributed by atoms with E-state index >= 15 is 0 Å². The Bertz CT molecular complexity index is 2100. The van der Waals surface area contributed by atoms with Gasteiger partial charge in [-0.15, -0.1) is 11.3 Å². The third-order valence-corrected chi connectivity index (χ3v) is 12.9. The second kappa shape index (κ2) is 12.9.